The number of amides is 3. The fraction of sp³-hybridized carbons (Fsp3) is 0.417. The number of rotatable bonds is 3. The standard InChI is InChI=1S/C24H25F3N6O2/c1-31(2)23(35)28-17-7-8-20-29-30-21(33(20)13-17)22(34)32-11-15-9-14(10-16(15)12-32)18-5-3-4-6-19(18)24(25,26)27/h3-8,13-16H,9-12H2,1-2H3,(H,28,35)/t14-,15-,16+. The SMILES string of the molecule is CN(C)C(=O)Nc1ccc2nnc(C(=O)N3C[C@H]4C[C@@H](c5ccccc5C(F)(F)F)C[C@H]4C3)n2c1. The molecule has 3 atom stereocenters. The van der Waals surface area contributed by atoms with Gasteiger partial charge in [-0.2, -0.15) is 13.2 Å². The molecule has 3 heterocycles. The lowest BCUT2D eigenvalue weighted by Crippen LogP contribution is -2.31. The van der Waals surface area contributed by atoms with Crippen molar-refractivity contribution < 1.29 is 22.8 Å². The lowest BCUT2D eigenvalue weighted by Gasteiger charge is -2.21. The molecular formula is C24H25F3N6O2. The Morgan fingerprint density at radius 1 is 1.03 bits per heavy atom. The van der Waals surface area contributed by atoms with E-state index in [0.29, 0.717) is 42.8 Å². The fourth-order valence-corrected chi connectivity index (χ4v) is 5.32. The summed E-state index contributed by atoms with van der Waals surface area (Å²) in [6, 6.07) is 8.83. The maximum absolute atomic E-state index is 13.5. The van der Waals surface area contributed by atoms with Gasteiger partial charge in [-0.15, -0.1) is 10.2 Å². The first kappa shape index (κ1) is 23.1. The van der Waals surface area contributed by atoms with Gasteiger partial charge >= 0.3 is 12.2 Å². The van der Waals surface area contributed by atoms with Crippen molar-refractivity contribution in [3.8, 4) is 0 Å². The molecule has 2 aliphatic rings. The number of pyridine rings is 1. The minimum absolute atomic E-state index is 0.138. The first-order valence-electron chi connectivity index (χ1n) is 11.4. The number of urea groups is 1. The molecule has 35 heavy (non-hydrogen) atoms. The quantitative estimate of drug-likeness (QED) is 0.604. The van der Waals surface area contributed by atoms with E-state index in [1.165, 1.54) is 11.0 Å². The average molecular weight is 486 g/mol. The van der Waals surface area contributed by atoms with Crippen molar-refractivity contribution in [2.75, 3.05) is 32.5 Å². The Bertz CT molecular complexity index is 1270. The Kier molecular flexibility index (Phi) is 5.65. The molecule has 2 aromatic heterocycles. The molecule has 3 amide bonds. The molecule has 8 nitrogen and oxygen atoms in total. The van der Waals surface area contributed by atoms with Crippen molar-refractivity contribution in [3.05, 3.63) is 59.5 Å². The highest BCUT2D eigenvalue weighted by atomic mass is 19.4. The summed E-state index contributed by atoms with van der Waals surface area (Å²) in [6.45, 7) is 0.945. The van der Waals surface area contributed by atoms with E-state index in [2.05, 4.69) is 15.5 Å². The van der Waals surface area contributed by atoms with Gasteiger partial charge in [0.25, 0.3) is 5.91 Å². The Hall–Kier alpha value is -3.63. The zero-order valence-electron chi connectivity index (χ0n) is 19.3. The number of benzene rings is 1. The van der Waals surface area contributed by atoms with Crippen LogP contribution in [-0.2, 0) is 6.18 Å². The number of halogens is 3. The van der Waals surface area contributed by atoms with Crippen LogP contribution in [0.25, 0.3) is 5.65 Å². The molecule has 1 aromatic carbocycles. The van der Waals surface area contributed by atoms with Gasteiger partial charge in [0.05, 0.1) is 11.3 Å². The first-order valence-corrected chi connectivity index (χ1v) is 11.4. The predicted octanol–water partition coefficient (Wildman–Crippen LogP) is 4.11. The highest BCUT2D eigenvalue weighted by Gasteiger charge is 2.45. The van der Waals surface area contributed by atoms with Gasteiger partial charge in [0.15, 0.2) is 5.65 Å². The number of aromatic nitrogens is 3. The third-order valence-corrected chi connectivity index (χ3v) is 7.00. The van der Waals surface area contributed by atoms with E-state index in [1.807, 2.05) is 0 Å². The van der Waals surface area contributed by atoms with Gasteiger partial charge in [-0.3, -0.25) is 9.20 Å². The number of anilines is 1. The second-order valence-electron chi connectivity index (χ2n) is 9.48. The molecule has 0 spiro atoms. The summed E-state index contributed by atoms with van der Waals surface area (Å²) >= 11 is 0. The van der Waals surface area contributed by atoms with Crippen molar-refractivity contribution in [2.45, 2.75) is 24.9 Å². The predicted molar refractivity (Wildman–Crippen MR) is 122 cm³/mol. The largest absolute Gasteiger partial charge is 0.416 e. The monoisotopic (exact) mass is 486 g/mol. The van der Waals surface area contributed by atoms with Crippen LogP contribution >= 0.6 is 0 Å². The third-order valence-electron chi connectivity index (χ3n) is 7.00. The minimum Gasteiger partial charge on any atom is -0.335 e. The molecule has 0 radical (unpaired) electrons. The van der Waals surface area contributed by atoms with E-state index < -0.39 is 11.7 Å². The van der Waals surface area contributed by atoms with E-state index in [9.17, 15) is 22.8 Å². The van der Waals surface area contributed by atoms with E-state index in [4.69, 9.17) is 0 Å². The van der Waals surface area contributed by atoms with Gasteiger partial charge in [-0.1, -0.05) is 18.2 Å². The van der Waals surface area contributed by atoms with Crippen molar-refractivity contribution in [3.63, 3.8) is 0 Å². The second-order valence-corrected chi connectivity index (χ2v) is 9.48. The molecule has 0 unspecified atom stereocenters. The molecular weight excluding hydrogens is 461 g/mol. The van der Waals surface area contributed by atoms with Crippen LogP contribution in [0.5, 0.6) is 0 Å². The van der Waals surface area contributed by atoms with Crippen LogP contribution in [0.3, 0.4) is 0 Å². The van der Waals surface area contributed by atoms with Crippen LogP contribution < -0.4 is 5.32 Å². The van der Waals surface area contributed by atoms with Gasteiger partial charge in [0, 0.05) is 33.4 Å². The van der Waals surface area contributed by atoms with E-state index in [1.54, 1.807) is 53.9 Å². The molecule has 3 aromatic rings. The van der Waals surface area contributed by atoms with Gasteiger partial charge in [-0.25, -0.2) is 4.79 Å². The van der Waals surface area contributed by atoms with Crippen LogP contribution in [0.2, 0.25) is 0 Å². The maximum Gasteiger partial charge on any atom is 0.416 e. The zero-order valence-corrected chi connectivity index (χ0v) is 19.3. The first-order chi connectivity index (χ1) is 16.6. The smallest absolute Gasteiger partial charge is 0.335 e. The van der Waals surface area contributed by atoms with Crippen LogP contribution in [0, 0.1) is 11.8 Å². The number of alkyl halides is 3. The third kappa shape index (κ3) is 4.30. The normalized spacial score (nSPS) is 21.9. The van der Waals surface area contributed by atoms with Crippen molar-refractivity contribution in [1.82, 2.24) is 24.4 Å². The number of carbonyl (C=O) groups excluding carboxylic acids is 2. The Balaban J connectivity index is 1.31. The summed E-state index contributed by atoms with van der Waals surface area (Å²) in [5.41, 5.74) is 0.752. The van der Waals surface area contributed by atoms with Crippen molar-refractivity contribution >= 4 is 23.3 Å². The number of nitrogens with one attached hydrogen (secondary N) is 1. The van der Waals surface area contributed by atoms with Crippen molar-refractivity contribution in [2.24, 2.45) is 11.8 Å². The zero-order chi connectivity index (χ0) is 24.9. The van der Waals surface area contributed by atoms with Crippen LogP contribution in [0.4, 0.5) is 23.7 Å². The van der Waals surface area contributed by atoms with Crippen LogP contribution in [0.15, 0.2) is 42.6 Å². The maximum atomic E-state index is 13.5. The summed E-state index contributed by atoms with van der Waals surface area (Å²) < 4.78 is 42.0. The molecule has 1 N–H and O–H groups in total. The minimum atomic E-state index is -4.38. The number of carbonyl (C=O) groups is 2. The number of hydrogen-bond donors (Lipinski definition) is 1. The molecule has 1 aliphatic heterocycles. The summed E-state index contributed by atoms with van der Waals surface area (Å²) in [4.78, 5) is 28.4. The molecule has 1 saturated carbocycles. The van der Waals surface area contributed by atoms with Crippen LogP contribution in [0.1, 0.15) is 40.5 Å². The Morgan fingerprint density at radius 2 is 1.71 bits per heavy atom. The molecule has 1 saturated heterocycles. The number of hydrogen-bond acceptors (Lipinski definition) is 4. The summed E-state index contributed by atoms with van der Waals surface area (Å²) in [7, 11) is 3.25. The second kappa shape index (κ2) is 8.54. The molecule has 5 rings (SSSR count). The van der Waals surface area contributed by atoms with Gasteiger partial charge in [0.1, 0.15) is 0 Å². The Labute approximate surface area is 199 Å². The van der Waals surface area contributed by atoms with Gasteiger partial charge < -0.3 is 15.1 Å². The summed E-state index contributed by atoms with van der Waals surface area (Å²) in [6.07, 6.45) is -1.55. The Morgan fingerprint density at radius 3 is 2.37 bits per heavy atom. The van der Waals surface area contributed by atoms with E-state index in [-0.39, 0.29) is 35.5 Å². The fourth-order valence-electron chi connectivity index (χ4n) is 5.32. The summed E-state index contributed by atoms with van der Waals surface area (Å²) in [5.74, 6) is -0.0364. The number of fused-ring (bicyclic) bond motifs is 2. The van der Waals surface area contributed by atoms with Gasteiger partial charge in [0.2, 0.25) is 5.82 Å². The lowest BCUT2D eigenvalue weighted by atomic mass is 9.91. The highest BCUT2D eigenvalue weighted by Crippen LogP contribution is 2.49. The van der Waals surface area contributed by atoms with E-state index >= 15 is 0 Å². The average Bonchev–Trinajstić information content (AvgIpc) is 3.51. The highest BCUT2D eigenvalue weighted by molar-refractivity contribution is 5.92. The molecule has 2 fully saturated rings. The number of nitrogens with zero attached hydrogens (tertiary/aromatic N) is 5. The lowest BCUT2D eigenvalue weighted by molar-refractivity contribution is -0.138. The molecule has 1 aliphatic carbocycles. The molecule has 0 bridgehead atoms. The van der Waals surface area contributed by atoms with E-state index in [0.717, 1.165) is 6.07 Å². The summed E-state index contributed by atoms with van der Waals surface area (Å²) in [5, 5.41) is 10.9. The topological polar surface area (TPSA) is 82.8 Å². The number of likely N-dealkylation sites (tertiary alicyclic amines) is 1. The van der Waals surface area contributed by atoms with Crippen molar-refractivity contribution in [1.29, 1.82) is 0 Å². The molecule has 11 heteroatoms. The van der Waals surface area contributed by atoms with Gasteiger partial charge in [-0.05, 0) is 54.4 Å². The molecule has 184 valence electrons. The van der Waals surface area contributed by atoms with Crippen LogP contribution in [-0.4, -0.2) is 63.5 Å².